The standard InChI is InChI=1S/C29H32N4O2S/c1-31(21-25-9-5-8-24-7-2-3-11-27(24)25)20-23-6-4-10-26(18-23)35-17-16-32-12-14-33(15-13-32)29(34)28-19-30-22-36-28/h2-11,18-19,22H,12-17,20-21H2,1H3. The molecule has 5 rings (SSSR count). The van der Waals surface area contributed by atoms with E-state index in [0.29, 0.717) is 6.61 Å². The zero-order valence-electron chi connectivity index (χ0n) is 20.7. The molecule has 36 heavy (non-hydrogen) atoms. The second-order valence-corrected chi connectivity index (χ2v) is 10.2. The quantitative estimate of drug-likeness (QED) is 0.332. The fraction of sp³-hybridized carbons (Fsp3) is 0.310. The van der Waals surface area contributed by atoms with Gasteiger partial charge in [0, 0.05) is 45.8 Å². The van der Waals surface area contributed by atoms with Crippen LogP contribution in [0.1, 0.15) is 20.8 Å². The minimum Gasteiger partial charge on any atom is -0.492 e. The molecule has 7 heteroatoms. The minimum absolute atomic E-state index is 0.0932. The van der Waals surface area contributed by atoms with Crippen molar-refractivity contribution in [1.29, 1.82) is 0 Å². The molecule has 2 heterocycles. The average Bonchev–Trinajstić information content (AvgIpc) is 3.44. The van der Waals surface area contributed by atoms with E-state index < -0.39 is 0 Å². The number of fused-ring (bicyclic) bond motifs is 1. The molecule has 0 N–H and O–H groups in total. The Hall–Kier alpha value is -3.26. The van der Waals surface area contributed by atoms with Crippen molar-refractivity contribution in [1.82, 2.24) is 19.7 Å². The lowest BCUT2D eigenvalue weighted by Gasteiger charge is -2.34. The first-order chi connectivity index (χ1) is 17.7. The highest BCUT2D eigenvalue weighted by atomic mass is 32.1. The van der Waals surface area contributed by atoms with Gasteiger partial charge in [0.2, 0.25) is 0 Å². The van der Waals surface area contributed by atoms with Gasteiger partial charge in [0.05, 0.1) is 11.7 Å². The van der Waals surface area contributed by atoms with Gasteiger partial charge in [-0.1, -0.05) is 54.6 Å². The lowest BCUT2D eigenvalue weighted by molar-refractivity contribution is 0.0624. The summed E-state index contributed by atoms with van der Waals surface area (Å²) in [4.78, 5) is 23.8. The molecular weight excluding hydrogens is 468 g/mol. The summed E-state index contributed by atoms with van der Waals surface area (Å²) in [7, 11) is 2.16. The van der Waals surface area contributed by atoms with Crippen LogP contribution in [0, 0.1) is 0 Å². The van der Waals surface area contributed by atoms with Gasteiger partial charge >= 0.3 is 0 Å². The maximum atomic E-state index is 12.5. The van der Waals surface area contributed by atoms with E-state index >= 15 is 0 Å². The van der Waals surface area contributed by atoms with Crippen molar-refractivity contribution < 1.29 is 9.53 Å². The summed E-state index contributed by atoms with van der Waals surface area (Å²) in [5.41, 5.74) is 4.29. The SMILES string of the molecule is CN(Cc1cccc(OCCN2CCN(C(=O)c3cncs3)CC2)c1)Cc1cccc2ccccc12. The molecule has 3 aromatic carbocycles. The topological polar surface area (TPSA) is 48.9 Å². The van der Waals surface area contributed by atoms with Gasteiger partial charge in [-0.2, -0.15) is 0 Å². The van der Waals surface area contributed by atoms with E-state index in [1.807, 2.05) is 11.0 Å². The number of nitrogens with zero attached hydrogens (tertiary/aromatic N) is 4. The number of thiazole rings is 1. The molecule has 1 amide bonds. The van der Waals surface area contributed by atoms with Crippen molar-refractivity contribution in [3.05, 3.63) is 94.4 Å². The molecule has 0 bridgehead atoms. The van der Waals surface area contributed by atoms with Crippen LogP contribution in [0.15, 0.2) is 78.4 Å². The Balaban J connectivity index is 1.08. The highest BCUT2D eigenvalue weighted by molar-refractivity contribution is 7.11. The van der Waals surface area contributed by atoms with Crippen molar-refractivity contribution in [3.8, 4) is 5.75 Å². The van der Waals surface area contributed by atoms with E-state index in [-0.39, 0.29) is 5.91 Å². The van der Waals surface area contributed by atoms with Crippen molar-refractivity contribution in [3.63, 3.8) is 0 Å². The van der Waals surface area contributed by atoms with Gasteiger partial charge in [0.15, 0.2) is 0 Å². The number of piperazine rings is 1. The Morgan fingerprint density at radius 3 is 2.64 bits per heavy atom. The van der Waals surface area contributed by atoms with Crippen LogP contribution in [0.5, 0.6) is 5.75 Å². The van der Waals surface area contributed by atoms with Crippen LogP contribution in [0.2, 0.25) is 0 Å². The summed E-state index contributed by atoms with van der Waals surface area (Å²) >= 11 is 1.40. The van der Waals surface area contributed by atoms with Gasteiger partial charge in [-0.15, -0.1) is 11.3 Å². The van der Waals surface area contributed by atoms with E-state index in [2.05, 4.69) is 82.5 Å². The molecule has 0 spiro atoms. The molecule has 0 radical (unpaired) electrons. The number of carbonyl (C=O) groups is 1. The van der Waals surface area contributed by atoms with Crippen LogP contribution in [-0.4, -0.2) is 72.0 Å². The molecule has 1 aromatic heterocycles. The molecule has 1 fully saturated rings. The first kappa shape index (κ1) is 24.4. The van der Waals surface area contributed by atoms with Crippen LogP contribution in [-0.2, 0) is 13.1 Å². The predicted octanol–water partition coefficient (Wildman–Crippen LogP) is 4.77. The number of carbonyl (C=O) groups excluding carboxylic acids is 1. The van der Waals surface area contributed by atoms with Crippen LogP contribution in [0.4, 0.5) is 0 Å². The third kappa shape index (κ3) is 6.10. The van der Waals surface area contributed by atoms with Crippen molar-refractivity contribution in [2.75, 3.05) is 46.4 Å². The molecule has 4 aromatic rings. The first-order valence-electron chi connectivity index (χ1n) is 12.4. The molecule has 0 saturated carbocycles. The summed E-state index contributed by atoms with van der Waals surface area (Å²) in [6, 6.07) is 23.5. The minimum atomic E-state index is 0.0932. The zero-order valence-corrected chi connectivity index (χ0v) is 21.5. The first-order valence-corrected chi connectivity index (χ1v) is 13.3. The highest BCUT2D eigenvalue weighted by Gasteiger charge is 2.22. The number of aromatic nitrogens is 1. The summed E-state index contributed by atoms with van der Waals surface area (Å²) < 4.78 is 6.09. The zero-order chi connectivity index (χ0) is 24.7. The van der Waals surface area contributed by atoms with Crippen molar-refractivity contribution in [2.24, 2.45) is 0 Å². The maximum Gasteiger partial charge on any atom is 0.265 e. The van der Waals surface area contributed by atoms with E-state index in [4.69, 9.17) is 4.74 Å². The molecule has 6 nitrogen and oxygen atoms in total. The maximum absolute atomic E-state index is 12.5. The monoisotopic (exact) mass is 500 g/mol. The number of benzene rings is 3. The fourth-order valence-corrected chi connectivity index (χ4v) is 5.35. The highest BCUT2D eigenvalue weighted by Crippen LogP contribution is 2.21. The van der Waals surface area contributed by atoms with Crippen molar-refractivity contribution >= 4 is 28.0 Å². The molecule has 186 valence electrons. The van der Waals surface area contributed by atoms with E-state index in [1.54, 1.807) is 11.7 Å². The Labute approximate surface area is 216 Å². The third-order valence-corrected chi connectivity index (χ3v) is 7.41. The Morgan fingerprint density at radius 1 is 1.00 bits per heavy atom. The lowest BCUT2D eigenvalue weighted by atomic mass is 10.0. The largest absolute Gasteiger partial charge is 0.492 e. The van der Waals surface area contributed by atoms with Crippen LogP contribution < -0.4 is 4.74 Å². The molecule has 0 aliphatic carbocycles. The summed E-state index contributed by atoms with van der Waals surface area (Å²) in [6.07, 6.45) is 1.66. The Bertz CT molecular complexity index is 1280. The summed E-state index contributed by atoms with van der Waals surface area (Å²) in [5, 5.41) is 2.60. The smallest absolute Gasteiger partial charge is 0.265 e. The average molecular weight is 501 g/mol. The van der Waals surface area contributed by atoms with Gasteiger partial charge in [-0.25, -0.2) is 0 Å². The van der Waals surface area contributed by atoms with Gasteiger partial charge < -0.3 is 9.64 Å². The Morgan fingerprint density at radius 2 is 1.81 bits per heavy atom. The van der Waals surface area contributed by atoms with Crippen LogP contribution >= 0.6 is 11.3 Å². The second-order valence-electron chi connectivity index (χ2n) is 9.31. The van der Waals surface area contributed by atoms with E-state index in [1.165, 1.54) is 33.2 Å². The number of amides is 1. The van der Waals surface area contributed by atoms with Crippen LogP contribution in [0.25, 0.3) is 10.8 Å². The lowest BCUT2D eigenvalue weighted by Crippen LogP contribution is -2.49. The molecule has 0 unspecified atom stereocenters. The van der Waals surface area contributed by atoms with E-state index in [9.17, 15) is 4.79 Å². The Kier molecular flexibility index (Phi) is 7.91. The molecular formula is C29H32N4O2S. The van der Waals surface area contributed by atoms with Crippen molar-refractivity contribution in [2.45, 2.75) is 13.1 Å². The molecule has 0 atom stereocenters. The summed E-state index contributed by atoms with van der Waals surface area (Å²) in [5.74, 6) is 1.00. The number of ether oxygens (including phenoxy) is 1. The second kappa shape index (κ2) is 11.6. The fourth-order valence-electron chi connectivity index (χ4n) is 4.77. The number of hydrogen-bond acceptors (Lipinski definition) is 6. The third-order valence-electron chi connectivity index (χ3n) is 6.65. The van der Waals surface area contributed by atoms with Gasteiger partial charge in [0.1, 0.15) is 17.2 Å². The molecule has 1 saturated heterocycles. The summed E-state index contributed by atoms with van der Waals surface area (Å²) in [6.45, 7) is 6.47. The van der Waals surface area contributed by atoms with Gasteiger partial charge in [-0.05, 0) is 41.1 Å². The predicted molar refractivity (Wildman–Crippen MR) is 146 cm³/mol. The molecule has 1 aliphatic rings. The van der Waals surface area contributed by atoms with Crippen LogP contribution in [0.3, 0.4) is 0 Å². The molecule has 1 aliphatic heterocycles. The number of rotatable bonds is 9. The van der Waals surface area contributed by atoms with E-state index in [0.717, 1.165) is 56.4 Å². The van der Waals surface area contributed by atoms with Gasteiger partial charge in [0.25, 0.3) is 5.91 Å². The van der Waals surface area contributed by atoms with Gasteiger partial charge in [-0.3, -0.25) is 19.6 Å². The normalized spacial score (nSPS) is 14.4. The number of hydrogen-bond donors (Lipinski definition) is 0.